The van der Waals surface area contributed by atoms with Gasteiger partial charge in [0, 0.05) is 49.8 Å². The van der Waals surface area contributed by atoms with Crippen molar-refractivity contribution in [2.45, 2.75) is 13.5 Å². The number of aromatic amines is 1. The molecule has 0 aliphatic carbocycles. The van der Waals surface area contributed by atoms with E-state index >= 15 is 0 Å². The first kappa shape index (κ1) is 12.5. The third kappa shape index (κ3) is 2.74. The molecule has 0 bridgehead atoms. The average molecular weight is 259 g/mol. The third-order valence-corrected chi connectivity index (χ3v) is 3.65. The minimum absolute atomic E-state index is 0.711. The van der Waals surface area contributed by atoms with Crippen molar-refractivity contribution < 1.29 is 4.74 Å². The van der Waals surface area contributed by atoms with Crippen molar-refractivity contribution in [1.29, 1.82) is 0 Å². The van der Waals surface area contributed by atoms with Crippen LogP contribution in [-0.2, 0) is 6.54 Å². The molecule has 4 nitrogen and oxygen atoms in total. The molecule has 1 fully saturated rings. The first-order valence-corrected chi connectivity index (χ1v) is 7.02. The summed E-state index contributed by atoms with van der Waals surface area (Å²) in [7, 11) is 0. The van der Waals surface area contributed by atoms with E-state index in [1.54, 1.807) is 0 Å². The van der Waals surface area contributed by atoms with Gasteiger partial charge in [-0.15, -0.1) is 0 Å². The summed E-state index contributed by atoms with van der Waals surface area (Å²) >= 11 is 0. The van der Waals surface area contributed by atoms with Crippen LogP contribution in [0.2, 0.25) is 0 Å². The molecule has 0 spiro atoms. The zero-order valence-corrected chi connectivity index (χ0v) is 11.4. The van der Waals surface area contributed by atoms with Crippen LogP contribution >= 0.6 is 0 Å². The summed E-state index contributed by atoms with van der Waals surface area (Å²) in [5.41, 5.74) is 2.55. The van der Waals surface area contributed by atoms with Crippen molar-refractivity contribution in [3.8, 4) is 5.75 Å². The van der Waals surface area contributed by atoms with Gasteiger partial charge in [0.2, 0.25) is 0 Å². The molecule has 0 unspecified atom stereocenters. The molecular formula is C15H21N3O. The Balaban J connectivity index is 1.83. The van der Waals surface area contributed by atoms with Crippen LogP contribution in [0, 0.1) is 0 Å². The van der Waals surface area contributed by atoms with E-state index < -0.39 is 0 Å². The largest absolute Gasteiger partial charge is 0.494 e. The number of nitrogens with one attached hydrogen (secondary N) is 2. The lowest BCUT2D eigenvalue weighted by atomic mass is 10.1. The van der Waals surface area contributed by atoms with Crippen LogP contribution in [-0.4, -0.2) is 42.7 Å². The van der Waals surface area contributed by atoms with Gasteiger partial charge in [-0.05, 0) is 30.7 Å². The molecule has 1 saturated heterocycles. The van der Waals surface area contributed by atoms with Crippen molar-refractivity contribution in [2.75, 3.05) is 32.8 Å². The summed E-state index contributed by atoms with van der Waals surface area (Å²) in [5.74, 6) is 0.955. The first-order valence-electron chi connectivity index (χ1n) is 7.02. The summed E-state index contributed by atoms with van der Waals surface area (Å²) in [5, 5.41) is 4.67. The van der Waals surface area contributed by atoms with E-state index in [0.717, 1.165) is 38.5 Å². The van der Waals surface area contributed by atoms with E-state index in [2.05, 4.69) is 33.5 Å². The summed E-state index contributed by atoms with van der Waals surface area (Å²) in [4.78, 5) is 5.84. The number of fused-ring (bicyclic) bond motifs is 1. The lowest BCUT2D eigenvalue weighted by Crippen LogP contribution is -2.42. The standard InChI is InChI=1S/C15H21N3O/c1-2-19-13-3-4-15-14(9-13)12(10-17-15)11-18-7-5-16-6-8-18/h3-4,9-10,16-17H,2,5-8,11H2,1H3. The predicted molar refractivity (Wildman–Crippen MR) is 77.6 cm³/mol. The molecule has 1 aliphatic heterocycles. The number of ether oxygens (including phenoxy) is 1. The first-order chi connectivity index (χ1) is 9.36. The Morgan fingerprint density at radius 1 is 1.26 bits per heavy atom. The molecule has 2 N–H and O–H groups in total. The van der Waals surface area contributed by atoms with E-state index in [4.69, 9.17) is 4.74 Å². The number of nitrogens with zero attached hydrogens (tertiary/aromatic N) is 1. The molecule has 2 aromatic rings. The van der Waals surface area contributed by atoms with Crippen molar-refractivity contribution in [1.82, 2.24) is 15.2 Å². The van der Waals surface area contributed by atoms with Crippen LogP contribution in [0.3, 0.4) is 0 Å². The Morgan fingerprint density at radius 2 is 2.11 bits per heavy atom. The highest BCUT2D eigenvalue weighted by Crippen LogP contribution is 2.24. The van der Waals surface area contributed by atoms with Crippen molar-refractivity contribution >= 4 is 10.9 Å². The van der Waals surface area contributed by atoms with Gasteiger partial charge >= 0.3 is 0 Å². The van der Waals surface area contributed by atoms with Gasteiger partial charge in [-0.2, -0.15) is 0 Å². The molecule has 1 aliphatic rings. The number of piperazine rings is 1. The number of H-pyrrole nitrogens is 1. The van der Waals surface area contributed by atoms with Crippen LogP contribution < -0.4 is 10.1 Å². The fraction of sp³-hybridized carbons (Fsp3) is 0.467. The zero-order chi connectivity index (χ0) is 13.1. The maximum atomic E-state index is 5.59. The highest BCUT2D eigenvalue weighted by atomic mass is 16.5. The predicted octanol–water partition coefficient (Wildman–Crippen LogP) is 1.97. The van der Waals surface area contributed by atoms with Crippen LogP contribution in [0.1, 0.15) is 12.5 Å². The summed E-state index contributed by atoms with van der Waals surface area (Å²) in [6, 6.07) is 6.27. The van der Waals surface area contributed by atoms with Gasteiger partial charge in [0.1, 0.15) is 5.75 Å². The minimum atomic E-state index is 0.711. The van der Waals surface area contributed by atoms with Gasteiger partial charge in [0.15, 0.2) is 0 Å². The van der Waals surface area contributed by atoms with Gasteiger partial charge in [-0.1, -0.05) is 0 Å². The van der Waals surface area contributed by atoms with Crippen LogP contribution in [0.4, 0.5) is 0 Å². The van der Waals surface area contributed by atoms with Crippen molar-refractivity contribution in [3.05, 3.63) is 30.0 Å². The van der Waals surface area contributed by atoms with Gasteiger partial charge < -0.3 is 15.0 Å². The van der Waals surface area contributed by atoms with Gasteiger partial charge in [-0.25, -0.2) is 0 Å². The normalized spacial score (nSPS) is 16.9. The molecule has 2 heterocycles. The van der Waals surface area contributed by atoms with Crippen molar-refractivity contribution in [3.63, 3.8) is 0 Å². The number of aromatic nitrogens is 1. The number of hydrogen-bond acceptors (Lipinski definition) is 3. The van der Waals surface area contributed by atoms with Gasteiger partial charge in [0.25, 0.3) is 0 Å². The fourth-order valence-electron chi connectivity index (χ4n) is 2.65. The van der Waals surface area contributed by atoms with E-state index in [0.29, 0.717) is 6.61 Å². The second-order valence-corrected chi connectivity index (χ2v) is 4.98. The Hall–Kier alpha value is -1.52. The highest BCUT2D eigenvalue weighted by Gasteiger charge is 2.12. The van der Waals surface area contributed by atoms with E-state index in [-0.39, 0.29) is 0 Å². The van der Waals surface area contributed by atoms with Crippen LogP contribution in [0.15, 0.2) is 24.4 Å². The Kier molecular flexibility index (Phi) is 3.71. The van der Waals surface area contributed by atoms with Gasteiger partial charge in [0.05, 0.1) is 6.61 Å². The summed E-state index contributed by atoms with van der Waals surface area (Å²) in [6.45, 7) is 8.16. The molecule has 3 rings (SSSR count). The average Bonchev–Trinajstić information content (AvgIpc) is 2.83. The Labute approximate surface area is 113 Å². The molecule has 102 valence electrons. The second-order valence-electron chi connectivity index (χ2n) is 4.98. The summed E-state index contributed by atoms with van der Waals surface area (Å²) < 4.78 is 5.59. The Morgan fingerprint density at radius 3 is 2.89 bits per heavy atom. The van der Waals surface area contributed by atoms with Crippen molar-refractivity contribution in [2.24, 2.45) is 0 Å². The molecule has 1 aromatic heterocycles. The summed E-state index contributed by atoms with van der Waals surface area (Å²) in [6.07, 6.45) is 2.13. The number of rotatable bonds is 4. The lowest BCUT2D eigenvalue weighted by molar-refractivity contribution is 0.234. The zero-order valence-electron chi connectivity index (χ0n) is 11.4. The molecule has 19 heavy (non-hydrogen) atoms. The Bertz CT molecular complexity index is 543. The lowest BCUT2D eigenvalue weighted by Gasteiger charge is -2.26. The molecule has 0 saturated carbocycles. The third-order valence-electron chi connectivity index (χ3n) is 3.65. The highest BCUT2D eigenvalue weighted by molar-refractivity contribution is 5.84. The van der Waals surface area contributed by atoms with E-state index in [9.17, 15) is 0 Å². The smallest absolute Gasteiger partial charge is 0.120 e. The van der Waals surface area contributed by atoms with E-state index in [1.807, 2.05) is 13.0 Å². The van der Waals surface area contributed by atoms with Crippen LogP contribution in [0.5, 0.6) is 5.75 Å². The molecule has 0 atom stereocenters. The van der Waals surface area contributed by atoms with Crippen LogP contribution in [0.25, 0.3) is 10.9 Å². The topological polar surface area (TPSA) is 40.3 Å². The minimum Gasteiger partial charge on any atom is -0.494 e. The molecule has 4 heteroatoms. The maximum Gasteiger partial charge on any atom is 0.120 e. The number of benzene rings is 1. The monoisotopic (exact) mass is 259 g/mol. The second kappa shape index (κ2) is 5.63. The maximum absolute atomic E-state index is 5.59. The molecule has 1 aromatic carbocycles. The SMILES string of the molecule is CCOc1ccc2[nH]cc(CN3CCNCC3)c2c1. The molecule has 0 amide bonds. The molecular weight excluding hydrogens is 238 g/mol. The molecule has 0 radical (unpaired) electrons. The van der Waals surface area contributed by atoms with E-state index in [1.165, 1.54) is 16.5 Å². The van der Waals surface area contributed by atoms with Gasteiger partial charge in [-0.3, -0.25) is 4.90 Å². The number of hydrogen-bond donors (Lipinski definition) is 2. The quantitative estimate of drug-likeness (QED) is 0.882. The fourth-order valence-corrected chi connectivity index (χ4v) is 2.65.